The predicted octanol–water partition coefficient (Wildman–Crippen LogP) is 1.28. The molecule has 0 bridgehead atoms. The van der Waals surface area contributed by atoms with E-state index in [2.05, 4.69) is 10.3 Å². The molecule has 3 amide bonds. The van der Waals surface area contributed by atoms with Crippen LogP contribution < -0.4 is 10.7 Å². The number of aromatic nitrogens is 1. The summed E-state index contributed by atoms with van der Waals surface area (Å²) in [7, 11) is 0. The summed E-state index contributed by atoms with van der Waals surface area (Å²) >= 11 is 0. The largest absolute Gasteiger partial charge is 0.366 e. The molecule has 0 atom stereocenters. The third-order valence-corrected chi connectivity index (χ3v) is 3.78. The maximum atomic E-state index is 12.1. The molecule has 24 heavy (non-hydrogen) atoms. The molecule has 1 fully saturated rings. The smallest absolute Gasteiger partial charge is 0.255 e. The van der Waals surface area contributed by atoms with Gasteiger partial charge in [-0.3, -0.25) is 24.1 Å². The quantitative estimate of drug-likeness (QED) is 0.827. The predicted molar refractivity (Wildman–Crippen MR) is 86.2 cm³/mol. The fourth-order valence-corrected chi connectivity index (χ4v) is 2.45. The third kappa shape index (κ3) is 3.24. The van der Waals surface area contributed by atoms with Crippen molar-refractivity contribution in [3.8, 4) is 0 Å². The van der Waals surface area contributed by atoms with Crippen molar-refractivity contribution in [2.24, 2.45) is 0 Å². The molecule has 1 aromatic carbocycles. The number of hydrogen-bond acceptors (Lipinski definition) is 4. The molecule has 0 saturated carbocycles. The van der Waals surface area contributed by atoms with Crippen molar-refractivity contribution in [2.45, 2.75) is 19.4 Å². The van der Waals surface area contributed by atoms with Crippen LogP contribution in [-0.4, -0.2) is 27.6 Å². The van der Waals surface area contributed by atoms with Crippen LogP contribution in [0.5, 0.6) is 0 Å². The number of hydrogen-bond donors (Lipinski definition) is 2. The third-order valence-electron chi connectivity index (χ3n) is 3.78. The van der Waals surface area contributed by atoms with Gasteiger partial charge in [0.2, 0.25) is 17.2 Å². The Morgan fingerprint density at radius 3 is 2.33 bits per heavy atom. The van der Waals surface area contributed by atoms with E-state index in [-0.39, 0.29) is 42.3 Å². The molecule has 0 unspecified atom stereocenters. The lowest BCUT2D eigenvalue weighted by Crippen LogP contribution is -2.28. The van der Waals surface area contributed by atoms with Gasteiger partial charge < -0.3 is 10.3 Å². The second-order valence-corrected chi connectivity index (χ2v) is 5.45. The lowest BCUT2D eigenvalue weighted by atomic mass is 10.1. The fourth-order valence-electron chi connectivity index (χ4n) is 2.45. The molecule has 2 heterocycles. The van der Waals surface area contributed by atoms with E-state index in [1.54, 1.807) is 24.3 Å². The molecule has 0 aliphatic carbocycles. The summed E-state index contributed by atoms with van der Waals surface area (Å²) in [5, 5.41) is 2.53. The fraction of sp³-hybridized carbons (Fsp3) is 0.176. The van der Waals surface area contributed by atoms with Crippen molar-refractivity contribution in [2.75, 3.05) is 5.32 Å². The van der Waals surface area contributed by atoms with E-state index in [1.807, 2.05) is 0 Å². The highest BCUT2D eigenvalue weighted by atomic mass is 16.2. The van der Waals surface area contributed by atoms with E-state index in [0.29, 0.717) is 5.56 Å². The molecule has 2 N–H and O–H groups in total. The summed E-state index contributed by atoms with van der Waals surface area (Å²) in [6.45, 7) is 0.206. The van der Waals surface area contributed by atoms with Gasteiger partial charge in [0.25, 0.3) is 5.91 Å². The lowest BCUT2D eigenvalue weighted by molar-refractivity contribution is -0.139. The minimum atomic E-state index is -0.411. The van der Waals surface area contributed by atoms with E-state index in [0.717, 1.165) is 5.56 Å². The van der Waals surface area contributed by atoms with Crippen molar-refractivity contribution in [3.05, 3.63) is 64.1 Å². The zero-order valence-electron chi connectivity index (χ0n) is 12.7. The van der Waals surface area contributed by atoms with Gasteiger partial charge in [-0.2, -0.15) is 0 Å². The van der Waals surface area contributed by atoms with Crippen LogP contribution in [0.3, 0.4) is 0 Å². The van der Waals surface area contributed by atoms with E-state index in [4.69, 9.17) is 0 Å². The van der Waals surface area contributed by atoms with Crippen LogP contribution in [0.15, 0.2) is 47.5 Å². The minimum Gasteiger partial charge on any atom is -0.366 e. The second kappa shape index (κ2) is 6.49. The Hall–Kier alpha value is -3.22. The highest BCUT2D eigenvalue weighted by Gasteiger charge is 2.28. The molecule has 0 radical (unpaired) electrons. The van der Waals surface area contributed by atoms with Gasteiger partial charge in [0.1, 0.15) is 5.69 Å². The van der Waals surface area contributed by atoms with Crippen LogP contribution in [0.2, 0.25) is 0 Å². The van der Waals surface area contributed by atoms with Crippen LogP contribution in [0.4, 0.5) is 5.69 Å². The molecule has 0 spiro atoms. The Morgan fingerprint density at radius 1 is 1.04 bits per heavy atom. The van der Waals surface area contributed by atoms with Gasteiger partial charge in [0, 0.05) is 36.9 Å². The number of anilines is 1. The van der Waals surface area contributed by atoms with Crippen molar-refractivity contribution >= 4 is 23.4 Å². The van der Waals surface area contributed by atoms with E-state index in [1.165, 1.54) is 23.4 Å². The summed E-state index contributed by atoms with van der Waals surface area (Å²) in [5.41, 5.74) is 1.01. The van der Waals surface area contributed by atoms with Gasteiger partial charge in [-0.25, -0.2) is 0 Å². The maximum Gasteiger partial charge on any atom is 0.255 e. The maximum absolute atomic E-state index is 12.1. The molecular formula is C17H15N3O4. The van der Waals surface area contributed by atoms with Crippen molar-refractivity contribution < 1.29 is 14.4 Å². The Labute approximate surface area is 137 Å². The molecule has 1 saturated heterocycles. The molecule has 7 heteroatoms. The minimum absolute atomic E-state index is 0.167. The standard InChI is InChI=1S/C17H15N3O4/c21-14-7-8-18-9-13(14)19-17(24)12-3-1-11(2-4-12)10-20-15(22)5-6-16(20)23/h1-4,7-9H,5-6,10H2,(H,18,21)(H,19,24). The number of amides is 3. The van der Waals surface area contributed by atoms with E-state index >= 15 is 0 Å². The second-order valence-electron chi connectivity index (χ2n) is 5.45. The Kier molecular flexibility index (Phi) is 4.24. The number of H-pyrrole nitrogens is 1. The number of rotatable bonds is 4. The number of pyridine rings is 1. The van der Waals surface area contributed by atoms with Crippen LogP contribution in [0.25, 0.3) is 0 Å². The number of likely N-dealkylation sites (tertiary alicyclic amines) is 1. The SMILES string of the molecule is O=C(Nc1c[nH]ccc1=O)c1ccc(CN2C(=O)CCC2=O)cc1. The molecule has 7 nitrogen and oxygen atoms in total. The summed E-state index contributed by atoms with van der Waals surface area (Å²) in [5.74, 6) is -0.762. The van der Waals surface area contributed by atoms with Gasteiger partial charge in [-0.15, -0.1) is 0 Å². The van der Waals surface area contributed by atoms with Crippen molar-refractivity contribution in [1.82, 2.24) is 9.88 Å². The van der Waals surface area contributed by atoms with E-state index in [9.17, 15) is 19.2 Å². The summed E-state index contributed by atoms with van der Waals surface area (Å²) in [6.07, 6.45) is 3.41. The molecule has 1 aliphatic rings. The molecule has 3 rings (SSSR count). The van der Waals surface area contributed by atoms with Crippen LogP contribution in [-0.2, 0) is 16.1 Å². The van der Waals surface area contributed by atoms with Crippen molar-refractivity contribution in [1.29, 1.82) is 0 Å². The van der Waals surface area contributed by atoms with Crippen molar-refractivity contribution in [3.63, 3.8) is 0 Å². The average molecular weight is 325 g/mol. The number of carbonyl (C=O) groups excluding carboxylic acids is 3. The Bertz CT molecular complexity index is 839. The van der Waals surface area contributed by atoms with Crippen LogP contribution in [0.1, 0.15) is 28.8 Å². The van der Waals surface area contributed by atoms with Gasteiger partial charge >= 0.3 is 0 Å². The topological polar surface area (TPSA) is 99.3 Å². The van der Waals surface area contributed by atoms with Gasteiger partial charge in [-0.05, 0) is 17.7 Å². The monoisotopic (exact) mass is 325 g/mol. The van der Waals surface area contributed by atoms with Gasteiger partial charge in [0.15, 0.2) is 0 Å². The lowest BCUT2D eigenvalue weighted by Gasteiger charge is -2.13. The summed E-state index contributed by atoms with van der Waals surface area (Å²) in [4.78, 5) is 50.9. The first-order valence-corrected chi connectivity index (χ1v) is 7.45. The number of benzene rings is 1. The summed E-state index contributed by atoms with van der Waals surface area (Å²) in [6, 6.07) is 7.87. The molecule has 122 valence electrons. The van der Waals surface area contributed by atoms with Crippen LogP contribution in [0, 0.1) is 0 Å². The first-order chi connectivity index (χ1) is 11.5. The van der Waals surface area contributed by atoms with Crippen LogP contribution >= 0.6 is 0 Å². The highest BCUT2D eigenvalue weighted by Crippen LogP contribution is 2.16. The zero-order chi connectivity index (χ0) is 17.1. The average Bonchev–Trinajstić information content (AvgIpc) is 2.89. The Balaban J connectivity index is 1.69. The number of aromatic amines is 1. The number of imide groups is 1. The first-order valence-electron chi connectivity index (χ1n) is 7.45. The number of nitrogens with zero attached hydrogens (tertiary/aromatic N) is 1. The highest BCUT2D eigenvalue weighted by molar-refractivity contribution is 6.04. The number of nitrogens with one attached hydrogen (secondary N) is 2. The van der Waals surface area contributed by atoms with Gasteiger partial charge in [0.05, 0.1) is 6.54 Å². The first kappa shape index (κ1) is 15.7. The van der Waals surface area contributed by atoms with Gasteiger partial charge in [-0.1, -0.05) is 12.1 Å². The normalized spacial score (nSPS) is 14.1. The van der Waals surface area contributed by atoms with E-state index < -0.39 is 5.91 Å². The zero-order valence-corrected chi connectivity index (χ0v) is 12.7. The molecular weight excluding hydrogens is 310 g/mol. The molecule has 2 aromatic rings. The molecule has 1 aromatic heterocycles. The molecule has 1 aliphatic heterocycles. The number of carbonyl (C=O) groups is 3. The summed E-state index contributed by atoms with van der Waals surface area (Å²) < 4.78 is 0. The Morgan fingerprint density at radius 2 is 1.71 bits per heavy atom.